The van der Waals surface area contributed by atoms with Gasteiger partial charge in [-0.15, -0.1) is 0 Å². The Morgan fingerprint density at radius 3 is 2.58 bits per heavy atom. The zero-order valence-corrected chi connectivity index (χ0v) is 11.9. The maximum atomic E-state index is 12.1. The monoisotopic (exact) mass is 283 g/mol. The van der Waals surface area contributed by atoms with Crippen molar-refractivity contribution in [3.05, 3.63) is 29.3 Å². The Balaban J connectivity index is 2.32. The van der Waals surface area contributed by atoms with E-state index in [1.807, 2.05) is 18.2 Å². The smallest absolute Gasteiger partial charge is 0.257 e. The number of carbonyl (C=O) groups excluding carboxylic acids is 1. The summed E-state index contributed by atoms with van der Waals surface area (Å²) in [5.41, 5.74) is 1.57. The molecule has 19 heavy (non-hydrogen) atoms. The summed E-state index contributed by atoms with van der Waals surface area (Å²) in [5, 5.41) is 0.168. The Hall–Kier alpha value is -1.23. The molecule has 2 rings (SSSR count). The molecule has 0 saturated heterocycles. The van der Waals surface area contributed by atoms with Crippen molar-refractivity contribution in [3.63, 3.8) is 0 Å². The Morgan fingerprint density at radius 2 is 2.00 bits per heavy atom. The topological polar surface area (TPSA) is 29.4 Å². The highest BCUT2D eigenvalue weighted by Gasteiger charge is 2.29. The van der Waals surface area contributed by atoms with Gasteiger partial charge in [0.1, 0.15) is 11.6 Å². The van der Waals surface area contributed by atoms with Crippen LogP contribution < -0.4 is 0 Å². The third-order valence-corrected chi connectivity index (χ3v) is 3.95. The molecule has 1 heterocycles. The van der Waals surface area contributed by atoms with E-state index in [2.05, 4.69) is 25.8 Å². The fourth-order valence-electron chi connectivity index (χ4n) is 1.78. The van der Waals surface area contributed by atoms with Gasteiger partial charge in [0.25, 0.3) is 6.43 Å². The van der Waals surface area contributed by atoms with Crippen LogP contribution in [0, 0.1) is 0 Å². The van der Waals surface area contributed by atoms with E-state index >= 15 is 0 Å². The summed E-state index contributed by atoms with van der Waals surface area (Å²) >= 11 is 1.17. The number of nitrogens with zero attached hydrogens (tertiary/aromatic N) is 1. The Morgan fingerprint density at radius 1 is 1.32 bits per heavy atom. The molecule has 0 atom stereocenters. The maximum absolute atomic E-state index is 12.1. The number of Topliss-reactive ketones (excluding diaryl/α,β-unsaturated/α-hetero) is 1. The summed E-state index contributed by atoms with van der Waals surface area (Å²) in [4.78, 5) is 16.6. The number of thioether (sulfide) groups is 1. The largest absolute Gasteiger partial charge is 0.286 e. The molecule has 1 aromatic rings. The zero-order valence-electron chi connectivity index (χ0n) is 11.0. The Bertz CT molecular complexity index is 547. The van der Waals surface area contributed by atoms with E-state index in [9.17, 15) is 13.6 Å². The van der Waals surface area contributed by atoms with Crippen molar-refractivity contribution in [1.82, 2.24) is 0 Å². The SMILES string of the molecule is CC(C)(C)c1ccc2c(c1)C(=O)C(=NCC(F)F)S2. The van der Waals surface area contributed by atoms with E-state index < -0.39 is 13.0 Å². The predicted molar refractivity (Wildman–Crippen MR) is 73.6 cm³/mol. The maximum Gasteiger partial charge on any atom is 0.257 e. The van der Waals surface area contributed by atoms with Crippen LogP contribution in [0.3, 0.4) is 0 Å². The first-order chi connectivity index (χ1) is 8.79. The number of fused-ring (bicyclic) bond motifs is 1. The Labute approximate surface area is 115 Å². The van der Waals surface area contributed by atoms with Crippen molar-refractivity contribution in [2.75, 3.05) is 6.54 Å². The number of ketones is 1. The Kier molecular flexibility index (Phi) is 3.76. The molecule has 0 fully saturated rings. The molecule has 1 aliphatic heterocycles. The molecule has 0 unspecified atom stereocenters. The summed E-state index contributed by atoms with van der Waals surface area (Å²) in [7, 11) is 0. The molecule has 2 nitrogen and oxygen atoms in total. The summed E-state index contributed by atoms with van der Waals surface area (Å²) < 4.78 is 24.3. The van der Waals surface area contributed by atoms with E-state index in [0.29, 0.717) is 5.56 Å². The van der Waals surface area contributed by atoms with Crippen LogP contribution in [-0.2, 0) is 5.41 Å². The van der Waals surface area contributed by atoms with Crippen LogP contribution in [0.1, 0.15) is 36.7 Å². The highest BCUT2D eigenvalue weighted by molar-refractivity contribution is 8.16. The molecule has 0 bridgehead atoms. The molecule has 0 N–H and O–H groups in total. The van der Waals surface area contributed by atoms with Gasteiger partial charge in [0.2, 0.25) is 5.78 Å². The second-order valence-corrected chi connectivity index (χ2v) is 6.46. The molecule has 0 radical (unpaired) electrons. The molecule has 0 spiro atoms. The highest BCUT2D eigenvalue weighted by Crippen LogP contribution is 2.36. The summed E-state index contributed by atoms with van der Waals surface area (Å²) in [6, 6.07) is 5.67. The van der Waals surface area contributed by atoms with E-state index in [4.69, 9.17) is 0 Å². The molecule has 0 aliphatic carbocycles. The van der Waals surface area contributed by atoms with Crippen molar-refractivity contribution < 1.29 is 13.6 Å². The summed E-state index contributed by atoms with van der Waals surface area (Å²) in [5.74, 6) is -0.244. The van der Waals surface area contributed by atoms with Crippen LogP contribution in [0.2, 0.25) is 0 Å². The van der Waals surface area contributed by atoms with Gasteiger partial charge in [0, 0.05) is 10.5 Å². The van der Waals surface area contributed by atoms with Gasteiger partial charge < -0.3 is 0 Å². The van der Waals surface area contributed by atoms with E-state index in [0.717, 1.165) is 10.5 Å². The van der Waals surface area contributed by atoms with Crippen LogP contribution in [0.4, 0.5) is 8.78 Å². The first-order valence-electron chi connectivity index (χ1n) is 5.98. The third kappa shape index (κ3) is 3.03. The number of hydrogen-bond acceptors (Lipinski definition) is 3. The van der Waals surface area contributed by atoms with E-state index in [1.165, 1.54) is 11.8 Å². The number of carbonyl (C=O) groups is 1. The third-order valence-electron chi connectivity index (χ3n) is 2.86. The molecule has 0 aromatic heterocycles. The van der Waals surface area contributed by atoms with E-state index in [1.54, 1.807) is 0 Å². The number of rotatable bonds is 2. The zero-order chi connectivity index (χ0) is 14.2. The summed E-state index contributed by atoms with van der Waals surface area (Å²) in [6.45, 7) is 5.57. The minimum Gasteiger partial charge on any atom is -0.286 e. The minimum absolute atomic E-state index is 0.0527. The van der Waals surface area contributed by atoms with Crippen LogP contribution in [0.25, 0.3) is 0 Å². The van der Waals surface area contributed by atoms with Gasteiger partial charge in [-0.3, -0.25) is 9.79 Å². The lowest BCUT2D eigenvalue weighted by Crippen LogP contribution is -2.12. The average molecular weight is 283 g/mol. The van der Waals surface area contributed by atoms with Crippen LogP contribution >= 0.6 is 11.8 Å². The van der Waals surface area contributed by atoms with Crippen LogP contribution in [-0.4, -0.2) is 23.8 Å². The van der Waals surface area contributed by atoms with Crippen molar-refractivity contribution in [2.24, 2.45) is 4.99 Å². The van der Waals surface area contributed by atoms with Crippen molar-refractivity contribution in [2.45, 2.75) is 37.5 Å². The average Bonchev–Trinajstić information content (AvgIpc) is 2.62. The first-order valence-corrected chi connectivity index (χ1v) is 6.80. The second kappa shape index (κ2) is 5.04. The van der Waals surface area contributed by atoms with Crippen molar-refractivity contribution in [3.8, 4) is 0 Å². The number of benzene rings is 1. The first kappa shape index (κ1) is 14.2. The van der Waals surface area contributed by atoms with Crippen molar-refractivity contribution >= 4 is 22.6 Å². The molecular formula is C14H15F2NOS. The summed E-state index contributed by atoms with van der Waals surface area (Å²) in [6.07, 6.45) is -2.52. The minimum atomic E-state index is -2.52. The van der Waals surface area contributed by atoms with Gasteiger partial charge in [-0.1, -0.05) is 38.6 Å². The number of halogens is 2. The van der Waals surface area contributed by atoms with Gasteiger partial charge in [0.15, 0.2) is 0 Å². The van der Waals surface area contributed by atoms with Gasteiger partial charge in [0.05, 0.1) is 0 Å². The van der Waals surface area contributed by atoms with Crippen LogP contribution in [0.5, 0.6) is 0 Å². The van der Waals surface area contributed by atoms with Gasteiger partial charge in [-0.25, -0.2) is 8.78 Å². The van der Waals surface area contributed by atoms with E-state index in [-0.39, 0.29) is 16.2 Å². The number of aliphatic imine (C=N–C) groups is 1. The quantitative estimate of drug-likeness (QED) is 0.823. The number of hydrogen-bond donors (Lipinski definition) is 0. The van der Waals surface area contributed by atoms with Gasteiger partial charge in [-0.2, -0.15) is 0 Å². The van der Waals surface area contributed by atoms with Gasteiger partial charge in [-0.05, 0) is 23.1 Å². The molecule has 5 heteroatoms. The normalized spacial score (nSPS) is 17.4. The predicted octanol–water partition coefficient (Wildman–Crippen LogP) is 3.94. The van der Waals surface area contributed by atoms with Gasteiger partial charge >= 0.3 is 0 Å². The van der Waals surface area contributed by atoms with Crippen LogP contribution in [0.15, 0.2) is 28.1 Å². The lowest BCUT2D eigenvalue weighted by Gasteiger charge is -2.19. The molecule has 102 valence electrons. The fraction of sp³-hybridized carbons (Fsp3) is 0.429. The molecule has 1 aromatic carbocycles. The number of alkyl halides is 2. The highest BCUT2D eigenvalue weighted by atomic mass is 32.2. The molecule has 1 aliphatic rings. The molecule has 0 amide bonds. The molecular weight excluding hydrogens is 268 g/mol. The molecule has 0 saturated carbocycles. The fourth-order valence-corrected chi connectivity index (χ4v) is 2.73. The standard InChI is InChI=1S/C14H15F2NOS/c1-14(2,3)8-4-5-10-9(6-8)12(18)13(19-10)17-7-11(15)16/h4-6,11H,7H2,1-3H3. The second-order valence-electron chi connectivity index (χ2n) is 5.43. The lowest BCUT2D eigenvalue weighted by atomic mass is 9.86. The van der Waals surface area contributed by atoms with Crippen molar-refractivity contribution in [1.29, 1.82) is 0 Å². The lowest BCUT2D eigenvalue weighted by molar-refractivity contribution is 0.106.